The summed E-state index contributed by atoms with van der Waals surface area (Å²) in [5, 5.41) is 18.6. The van der Waals surface area contributed by atoms with Gasteiger partial charge in [0.1, 0.15) is 21.5 Å². The molecule has 0 radical (unpaired) electrons. The van der Waals surface area contributed by atoms with Crippen molar-refractivity contribution in [3.63, 3.8) is 0 Å². The number of hydrogen-bond donors (Lipinski definition) is 4. The molecule has 3 aliphatic rings. The smallest absolute Gasteiger partial charge is 0.337 e. The fourth-order valence-electron chi connectivity index (χ4n) is 9.16. The number of carbonyl (C=O) groups is 3. The highest BCUT2D eigenvalue weighted by Gasteiger charge is 2.43. The fourth-order valence-corrected chi connectivity index (χ4v) is 13.0. The standard InChI is InChI=1S/C43H45Cl3O12S3/c1-20-15-42(3,4)17-27-23(20)13-25-30(31-32(41(50)51)33(44)35(46)38(34(31)45)59-19-22(47)11-9-7-8-10-12-29(48)49)26-14-24-21(2)16-43(5,6)18-28(24)40(61(55,56)57)37(26)58-36(25)39(27)60(52,53)54/h13-14,17,20-21H,1,7-12,15-16,18-19H2,2-6H3,(H3-,48,49,50,51,52,53,54,55,56,57)/p+1. The van der Waals surface area contributed by atoms with Crippen LogP contribution in [0.4, 0.5) is 0 Å². The maximum atomic E-state index is 13.7. The van der Waals surface area contributed by atoms with Crippen molar-refractivity contribution in [1.29, 1.82) is 0 Å². The van der Waals surface area contributed by atoms with E-state index < -0.39 is 80.8 Å². The Morgan fingerprint density at radius 2 is 1.48 bits per heavy atom. The Morgan fingerprint density at radius 1 is 0.852 bits per heavy atom. The van der Waals surface area contributed by atoms with Gasteiger partial charge in [-0.1, -0.05) is 88.3 Å². The van der Waals surface area contributed by atoms with E-state index in [1.807, 2.05) is 34.6 Å². The molecule has 0 aromatic heterocycles. The lowest BCUT2D eigenvalue weighted by atomic mass is 9.69. The zero-order valence-corrected chi connectivity index (χ0v) is 38.8. The molecule has 1 aliphatic heterocycles. The minimum absolute atomic E-state index is 0.00592. The largest absolute Gasteiger partial charge is 0.481 e. The fraction of sp³-hybridized carbons (Fsp3) is 0.442. The summed E-state index contributed by atoms with van der Waals surface area (Å²) >= 11 is 21.7. The number of benzene rings is 3. The quantitative estimate of drug-likeness (QED) is 0.0306. The van der Waals surface area contributed by atoms with Crippen LogP contribution >= 0.6 is 46.6 Å². The zero-order valence-electron chi connectivity index (χ0n) is 34.1. The number of rotatable bonds is 14. The molecule has 61 heavy (non-hydrogen) atoms. The number of aliphatic carboxylic acids is 1. The van der Waals surface area contributed by atoms with E-state index in [2.05, 4.69) is 6.92 Å². The molecular weight excluding hydrogens is 911 g/mol. The number of carbonyl (C=O) groups excluding carboxylic acids is 1. The number of fused-ring (bicyclic) bond motifs is 4. The van der Waals surface area contributed by atoms with Gasteiger partial charge in [0.25, 0.3) is 20.2 Å². The Morgan fingerprint density at radius 3 is 2.07 bits per heavy atom. The molecule has 0 fully saturated rings. The number of ether oxygens (including phenoxy) is 1. The first-order chi connectivity index (χ1) is 28.1. The van der Waals surface area contributed by atoms with Gasteiger partial charge in [-0.05, 0) is 65.7 Å². The number of Topliss-reactive ketones (excluding diaryl/α,β-unsaturated/α-hetero) is 1. The highest BCUT2D eigenvalue weighted by atomic mass is 35.5. The Bertz CT molecular complexity index is 2760. The molecule has 3 aromatic carbocycles. The monoisotopic (exact) mass is 955 g/mol. The van der Waals surface area contributed by atoms with Crippen LogP contribution < -0.4 is 15.2 Å². The van der Waals surface area contributed by atoms with E-state index in [0.717, 1.165) is 11.8 Å². The predicted octanol–water partition coefficient (Wildman–Crippen LogP) is 9.48. The first-order valence-electron chi connectivity index (χ1n) is 19.6. The van der Waals surface area contributed by atoms with Gasteiger partial charge in [-0.3, -0.25) is 18.7 Å². The van der Waals surface area contributed by atoms with Crippen molar-refractivity contribution < 1.29 is 55.3 Å². The second kappa shape index (κ2) is 17.0. The number of carboxylic acid groups (broad SMARTS) is 2. The van der Waals surface area contributed by atoms with Gasteiger partial charge < -0.3 is 14.9 Å². The minimum atomic E-state index is -5.23. The van der Waals surface area contributed by atoms with Crippen LogP contribution in [0, 0.1) is 17.8 Å². The number of halogens is 3. The van der Waals surface area contributed by atoms with Gasteiger partial charge in [0.05, 0.1) is 33.3 Å². The Labute approximate surface area is 374 Å². The maximum absolute atomic E-state index is 13.7. The highest BCUT2D eigenvalue weighted by molar-refractivity contribution is 8.00. The average Bonchev–Trinajstić information content (AvgIpc) is 3.10. The van der Waals surface area contributed by atoms with Crippen LogP contribution in [0.15, 0.2) is 26.8 Å². The van der Waals surface area contributed by atoms with Crippen molar-refractivity contribution in [3.8, 4) is 11.5 Å². The van der Waals surface area contributed by atoms with Crippen molar-refractivity contribution in [2.75, 3.05) is 5.75 Å². The molecule has 2 atom stereocenters. The van der Waals surface area contributed by atoms with Crippen molar-refractivity contribution in [2.24, 2.45) is 10.8 Å². The molecule has 3 aromatic rings. The van der Waals surface area contributed by atoms with Crippen LogP contribution in [0.5, 0.6) is 11.5 Å². The van der Waals surface area contributed by atoms with E-state index in [-0.39, 0.29) is 84.4 Å². The molecule has 328 valence electrons. The molecule has 1 heterocycles. The number of thioether (sulfide) groups is 1. The van der Waals surface area contributed by atoms with Gasteiger partial charge in [-0.25, -0.2) is 4.79 Å². The average molecular weight is 957 g/mol. The van der Waals surface area contributed by atoms with E-state index >= 15 is 0 Å². The predicted molar refractivity (Wildman–Crippen MR) is 234 cm³/mol. The summed E-state index contributed by atoms with van der Waals surface area (Å²) in [6, 6.07) is 3.18. The van der Waals surface area contributed by atoms with Crippen molar-refractivity contribution in [1.82, 2.24) is 0 Å². The number of unbranched alkanes of at least 4 members (excludes halogenated alkanes) is 3. The summed E-state index contributed by atoms with van der Waals surface area (Å²) in [6.45, 7) is 13.7. The summed E-state index contributed by atoms with van der Waals surface area (Å²) in [5.74, 6) is -4.84. The molecular formula is C43H46Cl3O12S3+. The first kappa shape index (κ1) is 47.2. The van der Waals surface area contributed by atoms with Crippen molar-refractivity contribution in [2.45, 2.75) is 119 Å². The second-order valence-corrected chi connectivity index (χ2v) is 22.4. The number of aromatic carboxylic acids is 1. The third-order valence-electron chi connectivity index (χ3n) is 11.4. The molecule has 0 amide bonds. The molecule has 0 saturated carbocycles. The SMILES string of the molecule is [CH2+]C1CC(C)(C)C=c2c1cc1c(c2S(=O)(=O)O)Oc2c(cc3c(c2S(=O)(=O)O)CC(C)(C)CC3C)C=1c1c(Cl)c(SCC(=O)CCCCCCC(=O)O)c(Cl)c(Cl)c1C(=O)O. The summed E-state index contributed by atoms with van der Waals surface area (Å²) in [6.07, 6.45) is 5.23. The van der Waals surface area contributed by atoms with Gasteiger partial charge in [0, 0.05) is 56.9 Å². The number of hydrogen-bond acceptors (Lipinski definition) is 9. The van der Waals surface area contributed by atoms with Gasteiger partial charge in [-0.2, -0.15) is 16.8 Å². The van der Waals surface area contributed by atoms with Crippen molar-refractivity contribution >= 4 is 96.2 Å². The normalized spacial score (nSPS) is 18.8. The van der Waals surface area contributed by atoms with E-state index in [0.29, 0.717) is 49.7 Å². The number of ketones is 1. The summed E-state index contributed by atoms with van der Waals surface area (Å²) in [7, 11) is -10.4. The summed E-state index contributed by atoms with van der Waals surface area (Å²) in [5.41, 5.74) is -1.16. The van der Waals surface area contributed by atoms with Gasteiger partial charge >= 0.3 is 11.9 Å². The molecule has 6 rings (SSSR count). The van der Waals surface area contributed by atoms with Gasteiger partial charge in [0.2, 0.25) is 0 Å². The molecule has 2 aliphatic carbocycles. The molecule has 18 heteroatoms. The summed E-state index contributed by atoms with van der Waals surface area (Å²) < 4.78 is 83.0. The third kappa shape index (κ3) is 9.36. The van der Waals surface area contributed by atoms with Gasteiger partial charge in [-0.15, -0.1) is 11.8 Å². The van der Waals surface area contributed by atoms with Crippen LogP contribution in [0.2, 0.25) is 15.1 Å². The Hall–Kier alpha value is -3.28. The molecule has 0 spiro atoms. The van der Waals surface area contributed by atoms with Crippen LogP contribution in [-0.2, 0) is 36.2 Å². The topological polar surface area (TPSA) is 210 Å². The highest BCUT2D eigenvalue weighted by Crippen LogP contribution is 2.54. The van der Waals surface area contributed by atoms with Gasteiger partial charge in [0.15, 0.2) is 11.5 Å². The molecule has 4 N–H and O–H groups in total. The lowest BCUT2D eigenvalue weighted by molar-refractivity contribution is -0.137. The lowest BCUT2D eigenvalue weighted by Gasteiger charge is -2.38. The van der Waals surface area contributed by atoms with Crippen LogP contribution in [-0.4, -0.2) is 59.6 Å². The zero-order chi connectivity index (χ0) is 45.3. The maximum Gasteiger partial charge on any atom is 0.337 e. The van der Waals surface area contributed by atoms with E-state index in [9.17, 15) is 45.4 Å². The Balaban J connectivity index is 1.73. The lowest BCUT2D eigenvalue weighted by Crippen LogP contribution is -2.35. The molecule has 0 bridgehead atoms. The van der Waals surface area contributed by atoms with Crippen LogP contribution in [0.25, 0.3) is 11.6 Å². The molecule has 0 saturated heterocycles. The number of carboxylic acids is 2. The third-order valence-corrected chi connectivity index (χ3v) is 15.9. The van der Waals surface area contributed by atoms with E-state index in [1.54, 1.807) is 18.2 Å². The van der Waals surface area contributed by atoms with E-state index in [4.69, 9.17) is 44.6 Å². The van der Waals surface area contributed by atoms with E-state index in [1.165, 1.54) is 0 Å². The van der Waals surface area contributed by atoms with Crippen LogP contribution in [0.1, 0.15) is 136 Å². The Kier molecular flexibility index (Phi) is 13.2. The first-order valence-corrected chi connectivity index (χ1v) is 24.6. The second-order valence-electron chi connectivity index (χ2n) is 17.6. The molecule has 2 unspecified atom stereocenters. The summed E-state index contributed by atoms with van der Waals surface area (Å²) in [4.78, 5) is 35.9. The van der Waals surface area contributed by atoms with Crippen molar-refractivity contribution in [3.05, 3.63) is 77.9 Å². The molecule has 12 nitrogen and oxygen atoms in total. The minimum Gasteiger partial charge on any atom is -0.481 e. The van der Waals surface area contributed by atoms with Crippen LogP contribution in [0.3, 0.4) is 0 Å².